The van der Waals surface area contributed by atoms with Crippen molar-refractivity contribution in [2.45, 2.75) is 19.8 Å². The van der Waals surface area contributed by atoms with Crippen molar-refractivity contribution < 1.29 is 0 Å². The minimum atomic E-state index is 0.779. The van der Waals surface area contributed by atoms with E-state index in [2.05, 4.69) is 26.4 Å². The topological polar surface area (TPSA) is 56.5 Å². The molecule has 0 aromatic carbocycles. The lowest BCUT2D eigenvalue weighted by Gasteiger charge is -1.89. The normalized spacial score (nSPS) is 10.5. The first-order valence-electron chi connectivity index (χ1n) is 4.07. The van der Waals surface area contributed by atoms with Gasteiger partial charge in [0.15, 0.2) is 0 Å². The second-order valence-electron chi connectivity index (χ2n) is 2.58. The molecule has 0 unspecified atom stereocenters. The molecule has 0 saturated heterocycles. The zero-order valence-corrected chi connectivity index (χ0v) is 8.03. The molecule has 13 heavy (non-hydrogen) atoms. The second-order valence-corrected chi connectivity index (χ2v) is 3.31. The van der Waals surface area contributed by atoms with Gasteiger partial charge < -0.3 is 0 Å². The molecule has 0 bridgehead atoms. The molecule has 5 nitrogen and oxygen atoms in total. The molecule has 2 heterocycles. The van der Waals surface area contributed by atoms with Gasteiger partial charge in [-0.15, -0.1) is 0 Å². The lowest BCUT2D eigenvalue weighted by Crippen LogP contribution is -1.94. The van der Waals surface area contributed by atoms with E-state index in [1.54, 1.807) is 11.0 Å². The van der Waals surface area contributed by atoms with Crippen molar-refractivity contribution in [2.75, 3.05) is 0 Å². The summed E-state index contributed by atoms with van der Waals surface area (Å²) in [4.78, 5) is 8.15. The summed E-state index contributed by atoms with van der Waals surface area (Å²) < 4.78 is 5.83. The Hall–Kier alpha value is -1.30. The summed E-state index contributed by atoms with van der Waals surface area (Å²) in [7, 11) is 0. The third-order valence-electron chi connectivity index (χ3n) is 1.55. The average Bonchev–Trinajstić information content (AvgIpc) is 2.70. The smallest absolute Gasteiger partial charge is 0.223 e. The first kappa shape index (κ1) is 8.31. The lowest BCUT2D eigenvalue weighted by atomic mass is 10.3. The molecule has 0 aliphatic heterocycles. The maximum Gasteiger partial charge on any atom is 0.231 e. The van der Waals surface area contributed by atoms with Crippen LogP contribution in [0.3, 0.4) is 0 Å². The van der Waals surface area contributed by atoms with Crippen molar-refractivity contribution in [2.24, 2.45) is 0 Å². The van der Waals surface area contributed by atoms with Crippen LogP contribution in [0.2, 0.25) is 0 Å². The maximum absolute atomic E-state index is 4.31. The van der Waals surface area contributed by atoms with Crippen LogP contribution in [0.25, 0.3) is 5.13 Å². The van der Waals surface area contributed by atoms with Gasteiger partial charge in [-0.25, -0.2) is 9.97 Å². The van der Waals surface area contributed by atoms with Crippen LogP contribution in [-0.4, -0.2) is 24.1 Å². The zero-order valence-electron chi connectivity index (χ0n) is 7.21. The van der Waals surface area contributed by atoms with Crippen LogP contribution in [0.5, 0.6) is 0 Å². The molecule has 0 aliphatic rings. The number of hydrogen-bond donors (Lipinski definition) is 0. The van der Waals surface area contributed by atoms with Gasteiger partial charge in [0.05, 0.1) is 0 Å². The number of rotatable bonds is 3. The molecule has 0 spiro atoms. The van der Waals surface area contributed by atoms with Gasteiger partial charge >= 0.3 is 0 Å². The first-order valence-corrected chi connectivity index (χ1v) is 4.85. The van der Waals surface area contributed by atoms with Crippen molar-refractivity contribution in [3.8, 4) is 5.13 Å². The van der Waals surface area contributed by atoms with Crippen molar-refractivity contribution >= 4 is 11.5 Å². The lowest BCUT2D eigenvalue weighted by molar-refractivity contribution is 0.824. The summed E-state index contributed by atoms with van der Waals surface area (Å²) >= 11 is 1.35. The van der Waals surface area contributed by atoms with Crippen LogP contribution in [0.1, 0.15) is 19.2 Å². The van der Waals surface area contributed by atoms with Crippen LogP contribution in [0.15, 0.2) is 12.7 Å². The van der Waals surface area contributed by atoms with E-state index in [1.165, 1.54) is 17.9 Å². The standard InChI is InChI=1S/C7H9N5S/c1-2-3-6-10-7(13-11-6)12-5-8-4-9-12/h4-5H,2-3H2,1H3. The molecule has 2 rings (SSSR count). The van der Waals surface area contributed by atoms with Crippen LogP contribution in [0, 0.1) is 0 Å². The Balaban J connectivity index is 2.23. The molecule has 0 radical (unpaired) electrons. The molecule has 68 valence electrons. The molecule has 2 aromatic heterocycles. The van der Waals surface area contributed by atoms with Gasteiger partial charge in [0.2, 0.25) is 5.13 Å². The van der Waals surface area contributed by atoms with Crippen molar-refractivity contribution in [1.29, 1.82) is 0 Å². The van der Waals surface area contributed by atoms with E-state index in [0.717, 1.165) is 23.8 Å². The summed E-state index contributed by atoms with van der Waals surface area (Å²) in [5.41, 5.74) is 0. The second kappa shape index (κ2) is 3.61. The molecular formula is C7H9N5S. The third kappa shape index (κ3) is 1.72. The Morgan fingerprint density at radius 1 is 1.54 bits per heavy atom. The van der Waals surface area contributed by atoms with Crippen molar-refractivity contribution in [3.63, 3.8) is 0 Å². The highest BCUT2D eigenvalue weighted by atomic mass is 32.1. The molecule has 0 amide bonds. The first-order chi connectivity index (χ1) is 6.40. The van der Waals surface area contributed by atoms with E-state index in [-0.39, 0.29) is 0 Å². The average molecular weight is 195 g/mol. The van der Waals surface area contributed by atoms with Gasteiger partial charge in [-0.1, -0.05) is 6.92 Å². The van der Waals surface area contributed by atoms with Gasteiger partial charge in [0.1, 0.15) is 18.5 Å². The highest BCUT2D eigenvalue weighted by Crippen LogP contribution is 2.09. The molecule has 0 N–H and O–H groups in total. The predicted octanol–water partition coefficient (Wildman–Crippen LogP) is 1.07. The van der Waals surface area contributed by atoms with Crippen LogP contribution in [0.4, 0.5) is 0 Å². The monoisotopic (exact) mass is 195 g/mol. The Kier molecular flexibility index (Phi) is 2.31. The minimum Gasteiger partial charge on any atom is -0.223 e. The summed E-state index contributed by atoms with van der Waals surface area (Å²) in [5.74, 6) is 0.887. The van der Waals surface area contributed by atoms with Crippen molar-refractivity contribution in [3.05, 3.63) is 18.5 Å². The molecule has 0 saturated carbocycles. The molecule has 0 fully saturated rings. The minimum absolute atomic E-state index is 0.779. The van der Waals surface area contributed by atoms with Gasteiger partial charge in [0, 0.05) is 18.0 Å². The maximum atomic E-state index is 4.31. The molecule has 0 atom stereocenters. The fourth-order valence-corrected chi connectivity index (χ4v) is 1.61. The SMILES string of the molecule is CCCc1nsc(-n2cncn2)n1. The van der Waals surface area contributed by atoms with Crippen LogP contribution < -0.4 is 0 Å². The van der Waals surface area contributed by atoms with Gasteiger partial charge in [-0.3, -0.25) is 0 Å². The number of hydrogen-bond acceptors (Lipinski definition) is 5. The largest absolute Gasteiger partial charge is 0.231 e. The van der Waals surface area contributed by atoms with E-state index in [4.69, 9.17) is 0 Å². The van der Waals surface area contributed by atoms with E-state index < -0.39 is 0 Å². The van der Waals surface area contributed by atoms with Gasteiger partial charge in [0.25, 0.3) is 0 Å². The van der Waals surface area contributed by atoms with Crippen molar-refractivity contribution in [1.82, 2.24) is 24.1 Å². The summed E-state index contributed by atoms with van der Waals surface area (Å²) in [6, 6.07) is 0. The summed E-state index contributed by atoms with van der Waals surface area (Å²) in [6.07, 6.45) is 5.09. The van der Waals surface area contributed by atoms with Crippen LogP contribution >= 0.6 is 11.5 Å². The third-order valence-corrected chi connectivity index (χ3v) is 2.29. The zero-order chi connectivity index (χ0) is 9.10. The van der Waals surface area contributed by atoms with E-state index in [9.17, 15) is 0 Å². The summed E-state index contributed by atoms with van der Waals surface area (Å²) in [6.45, 7) is 2.11. The van der Waals surface area contributed by atoms with Gasteiger partial charge in [-0.05, 0) is 6.42 Å². The highest BCUT2D eigenvalue weighted by molar-refractivity contribution is 7.08. The van der Waals surface area contributed by atoms with E-state index in [0.29, 0.717) is 0 Å². The van der Waals surface area contributed by atoms with Gasteiger partial charge in [-0.2, -0.15) is 14.2 Å². The Morgan fingerprint density at radius 3 is 3.15 bits per heavy atom. The fourth-order valence-electron chi connectivity index (χ4n) is 0.970. The van der Waals surface area contributed by atoms with E-state index in [1.807, 2.05) is 0 Å². The number of aromatic nitrogens is 5. The molecule has 6 heteroatoms. The Labute approximate surface area is 79.6 Å². The molecule has 2 aromatic rings. The number of nitrogens with zero attached hydrogens (tertiary/aromatic N) is 5. The predicted molar refractivity (Wildman–Crippen MR) is 48.8 cm³/mol. The quantitative estimate of drug-likeness (QED) is 0.735. The fraction of sp³-hybridized carbons (Fsp3) is 0.429. The Bertz CT molecular complexity index is 366. The highest BCUT2D eigenvalue weighted by Gasteiger charge is 2.04. The van der Waals surface area contributed by atoms with Crippen LogP contribution in [-0.2, 0) is 6.42 Å². The number of aryl methyl sites for hydroxylation is 1. The summed E-state index contributed by atoms with van der Waals surface area (Å²) in [5, 5.41) is 4.75. The van der Waals surface area contributed by atoms with E-state index >= 15 is 0 Å². The Morgan fingerprint density at radius 2 is 2.46 bits per heavy atom. The molecule has 0 aliphatic carbocycles. The molecular weight excluding hydrogens is 186 g/mol.